The molecule has 0 spiro atoms. The summed E-state index contributed by atoms with van der Waals surface area (Å²) in [5, 5.41) is 0. The van der Waals surface area contributed by atoms with Gasteiger partial charge >= 0.3 is 0 Å². The topological polar surface area (TPSA) is 0 Å². The summed E-state index contributed by atoms with van der Waals surface area (Å²) in [6, 6.07) is 0. The lowest BCUT2D eigenvalue weighted by atomic mass is 9.65. The van der Waals surface area contributed by atoms with Gasteiger partial charge in [0.15, 0.2) is 0 Å². The zero-order chi connectivity index (χ0) is 16.2. The van der Waals surface area contributed by atoms with Crippen molar-refractivity contribution in [2.45, 2.75) is 103 Å². The van der Waals surface area contributed by atoms with Crippen LogP contribution in [0.2, 0.25) is 0 Å². The van der Waals surface area contributed by atoms with E-state index in [2.05, 4.69) is 6.92 Å². The Morgan fingerprint density at radius 3 is 1.61 bits per heavy atom. The number of hydrogen-bond acceptors (Lipinski definition) is 0. The van der Waals surface area contributed by atoms with Crippen molar-refractivity contribution in [1.82, 2.24) is 0 Å². The lowest BCUT2D eigenvalue weighted by Crippen LogP contribution is -2.34. The first kappa shape index (κ1) is 17.7. The van der Waals surface area contributed by atoms with Crippen molar-refractivity contribution < 1.29 is 8.78 Å². The first-order chi connectivity index (χ1) is 11.2. The monoisotopic (exact) mass is 326 g/mol. The summed E-state index contributed by atoms with van der Waals surface area (Å²) in [6.07, 6.45) is 13.4. The van der Waals surface area contributed by atoms with Gasteiger partial charge in [-0.15, -0.1) is 0 Å². The fourth-order valence-electron chi connectivity index (χ4n) is 5.98. The molecule has 0 N–H and O–H groups in total. The van der Waals surface area contributed by atoms with E-state index in [9.17, 15) is 8.78 Å². The Morgan fingerprint density at radius 1 is 0.609 bits per heavy atom. The van der Waals surface area contributed by atoms with E-state index in [1.807, 2.05) is 0 Å². The third-order valence-corrected chi connectivity index (χ3v) is 7.47. The van der Waals surface area contributed by atoms with Crippen LogP contribution in [0.3, 0.4) is 0 Å². The highest BCUT2D eigenvalue weighted by Crippen LogP contribution is 2.46. The Bertz CT molecular complexity index is 340. The molecular weight excluding hydrogens is 290 g/mol. The molecule has 3 rings (SSSR count). The van der Waals surface area contributed by atoms with Crippen LogP contribution in [-0.2, 0) is 0 Å². The molecule has 134 valence electrons. The fraction of sp³-hybridized carbons (Fsp3) is 1.00. The van der Waals surface area contributed by atoms with Crippen molar-refractivity contribution in [3.8, 4) is 0 Å². The first-order valence-corrected chi connectivity index (χ1v) is 10.5. The predicted octanol–water partition coefficient (Wildman–Crippen LogP) is 6.88. The van der Waals surface area contributed by atoms with Crippen LogP contribution < -0.4 is 0 Å². The third-order valence-electron chi connectivity index (χ3n) is 7.47. The van der Waals surface area contributed by atoms with Gasteiger partial charge in [-0.25, -0.2) is 8.78 Å². The largest absolute Gasteiger partial charge is 0.244 e. The van der Waals surface area contributed by atoms with E-state index in [4.69, 9.17) is 0 Å². The van der Waals surface area contributed by atoms with Gasteiger partial charge in [-0.1, -0.05) is 32.6 Å². The van der Waals surface area contributed by atoms with E-state index in [0.717, 1.165) is 24.2 Å². The average molecular weight is 327 g/mol. The minimum Gasteiger partial charge on any atom is -0.244 e. The molecule has 2 heteroatoms. The molecule has 3 atom stereocenters. The summed E-state index contributed by atoms with van der Waals surface area (Å²) in [4.78, 5) is 0. The first-order valence-electron chi connectivity index (χ1n) is 10.5. The summed E-state index contributed by atoms with van der Waals surface area (Å²) in [6.45, 7) is 2.31. The highest BCUT2D eigenvalue weighted by atomic mass is 19.2. The summed E-state index contributed by atoms with van der Waals surface area (Å²) < 4.78 is 27.0. The Balaban J connectivity index is 1.41. The summed E-state index contributed by atoms with van der Waals surface area (Å²) >= 11 is 0. The number of halogens is 2. The summed E-state index contributed by atoms with van der Waals surface area (Å²) in [5.74, 6) is 4.07. The number of rotatable bonds is 4. The molecule has 0 amide bonds. The lowest BCUT2D eigenvalue weighted by Gasteiger charge is -2.41. The van der Waals surface area contributed by atoms with Crippen LogP contribution in [0.25, 0.3) is 0 Å². The van der Waals surface area contributed by atoms with Crippen molar-refractivity contribution in [3.63, 3.8) is 0 Å². The van der Waals surface area contributed by atoms with Gasteiger partial charge in [-0.3, -0.25) is 0 Å². The van der Waals surface area contributed by atoms with E-state index in [1.54, 1.807) is 0 Å². The molecule has 0 aliphatic heterocycles. The van der Waals surface area contributed by atoms with E-state index in [1.165, 1.54) is 64.2 Å². The molecule has 23 heavy (non-hydrogen) atoms. The van der Waals surface area contributed by atoms with Gasteiger partial charge in [-0.2, -0.15) is 0 Å². The number of hydrogen-bond donors (Lipinski definition) is 0. The van der Waals surface area contributed by atoms with E-state index >= 15 is 0 Å². The SMILES string of the molecule is CCCC1CCC(C2CCC(C3CCC(F)C(F)C3)CC2)CC1. The van der Waals surface area contributed by atoms with Gasteiger partial charge in [0.1, 0.15) is 12.3 Å². The minimum absolute atomic E-state index is 0.465. The van der Waals surface area contributed by atoms with Crippen molar-refractivity contribution in [3.05, 3.63) is 0 Å². The second-order valence-corrected chi connectivity index (χ2v) is 8.85. The van der Waals surface area contributed by atoms with Crippen LogP contribution in [-0.4, -0.2) is 12.3 Å². The molecule has 3 saturated carbocycles. The summed E-state index contributed by atoms with van der Waals surface area (Å²) in [7, 11) is 0. The van der Waals surface area contributed by atoms with Crippen molar-refractivity contribution in [2.24, 2.45) is 29.6 Å². The van der Waals surface area contributed by atoms with E-state index in [-0.39, 0.29) is 0 Å². The molecule has 0 aromatic carbocycles. The molecule has 0 saturated heterocycles. The Kier molecular flexibility index (Phi) is 6.38. The molecule has 3 unspecified atom stereocenters. The molecule has 0 aromatic heterocycles. The molecule has 3 aliphatic carbocycles. The Labute approximate surface area is 141 Å². The van der Waals surface area contributed by atoms with Crippen LogP contribution in [0.5, 0.6) is 0 Å². The average Bonchev–Trinajstić information content (AvgIpc) is 2.59. The second-order valence-electron chi connectivity index (χ2n) is 8.85. The lowest BCUT2D eigenvalue weighted by molar-refractivity contribution is 0.0472. The van der Waals surface area contributed by atoms with Gasteiger partial charge in [0, 0.05) is 0 Å². The van der Waals surface area contributed by atoms with Crippen molar-refractivity contribution in [1.29, 1.82) is 0 Å². The maximum atomic E-state index is 13.7. The Morgan fingerprint density at radius 2 is 1.09 bits per heavy atom. The third kappa shape index (κ3) is 4.48. The zero-order valence-corrected chi connectivity index (χ0v) is 15.0. The second kappa shape index (κ2) is 8.30. The molecule has 0 nitrogen and oxygen atoms in total. The van der Waals surface area contributed by atoms with Crippen LogP contribution >= 0.6 is 0 Å². The van der Waals surface area contributed by atoms with Crippen molar-refractivity contribution in [2.75, 3.05) is 0 Å². The van der Waals surface area contributed by atoms with Crippen LogP contribution in [0.15, 0.2) is 0 Å². The standard InChI is InChI=1S/C21H36F2/c1-2-3-15-4-6-16(7-5-15)17-8-10-18(11-9-17)19-12-13-20(22)21(23)14-19/h15-21H,2-14H2,1H3. The van der Waals surface area contributed by atoms with Crippen LogP contribution in [0.1, 0.15) is 90.4 Å². The highest BCUT2D eigenvalue weighted by Gasteiger charge is 2.37. The molecule has 0 heterocycles. The molecular formula is C21H36F2. The van der Waals surface area contributed by atoms with Gasteiger partial charge in [0.25, 0.3) is 0 Å². The maximum absolute atomic E-state index is 13.7. The van der Waals surface area contributed by atoms with Crippen molar-refractivity contribution >= 4 is 0 Å². The normalized spacial score (nSPS) is 45.8. The predicted molar refractivity (Wildman–Crippen MR) is 92.9 cm³/mol. The van der Waals surface area contributed by atoms with Gasteiger partial charge < -0.3 is 0 Å². The van der Waals surface area contributed by atoms with Gasteiger partial charge in [0.2, 0.25) is 0 Å². The number of alkyl halides is 2. The zero-order valence-electron chi connectivity index (χ0n) is 15.0. The molecule has 0 bridgehead atoms. The van der Waals surface area contributed by atoms with Gasteiger partial charge in [-0.05, 0) is 87.4 Å². The smallest absolute Gasteiger partial charge is 0.131 e. The van der Waals surface area contributed by atoms with E-state index < -0.39 is 12.3 Å². The van der Waals surface area contributed by atoms with E-state index in [0.29, 0.717) is 24.7 Å². The summed E-state index contributed by atoms with van der Waals surface area (Å²) in [5.41, 5.74) is 0. The maximum Gasteiger partial charge on any atom is 0.131 e. The quantitative estimate of drug-likeness (QED) is 0.528. The fourth-order valence-corrected chi connectivity index (χ4v) is 5.98. The molecule has 3 fully saturated rings. The molecule has 0 aromatic rings. The van der Waals surface area contributed by atoms with Crippen LogP contribution in [0.4, 0.5) is 8.78 Å². The van der Waals surface area contributed by atoms with Gasteiger partial charge in [0.05, 0.1) is 0 Å². The molecule has 0 radical (unpaired) electrons. The molecule has 3 aliphatic rings. The van der Waals surface area contributed by atoms with Crippen LogP contribution in [0, 0.1) is 29.6 Å². The Hall–Kier alpha value is -0.140. The minimum atomic E-state index is -1.18. The highest BCUT2D eigenvalue weighted by molar-refractivity contribution is 4.88.